The van der Waals surface area contributed by atoms with E-state index in [0.29, 0.717) is 35.7 Å². The number of nitrogens with one attached hydrogen (secondary N) is 4. The second-order valence-corrected chi connectivity index (χ2v) is 4.26. The molecule has 0 aliphatic rings. The van der Waals surface area contributed by atoms with E-state index in [1.807, 2.05) is 0 Å². The van der Waals surface area contributed by atoms with Crippen molar-refractivity contribution in [2.75, 3.05) is 13.1 Å². The topological polar surface area (TPSA) is 223 Å². The zero-order valence-electron chi connectivity index (χ0n) is 12.4. The number of rotatable bonds is 11. The molecule has 0 spiro atoms. The van der Waals surface area contributed by atoms with Crippen LogP contribution in [0, 0.1) is 40.9 Å². The first kappa shape index (κ1) is 20.5. The van der Waals surface area contributed by atoms with E-state index in [-0.39, 0.29) is 13.1 Å². The van der Waals surface area contributed by atoms with Gasteiger partial charge in [-0.05, 0) is 12.8 Å². The molecule has 16 heteroatoms. The monoisotopic (exact) mass is 348 g/mol. The van der Waals surface area contributed by atoms with Crippen LogP contribution >= 0.6 is 0 Å². The number of unbranched alkanes of at least 4 members (excludes halogenated alkanes) is 3. The van der Waals surface area contributed by atoms with E-state index < -0.39 is 22.0 Å². The lowest BCUT2D eigenvalue weighted by molar-refractivity contribution is -0.526. The molecule has 134 valence electrons. The summed E-state index contributed by atoms with van der Waals surface area (Å²) in [5.41, 5.74) is 2.99. The molecule has 16 nitrogen and oxygen atoms in total. The van der Waals surface area contributed by atoms with Crippen LogP contribution in [-0.4, -0.2) is 45.1 Å². The van der Waals surface area contributed by atoms with Crippen molar-refractivity contribution < 1.29 is 10.1 Å². The van der Waals surface area contributed by atoms with Gasteiger partial charge < -0.3 is 0 Å². The highest BCUT2D eigenvalue weighted by Gasteiger charge is 2.15. The Hall–Kier alpha value is -3.46. The van der Waals surface area contributed by atoms with Crippen LogP contribution in [0.4, 0.5) is 0 Å². The fourth-order valence-corrected chi connectivity index (χ4v) is 1.55. The van der Waals surface area contributed by atoms with Crippen molar-refractivity contribution in [1.82, 2.24) is 20.9 Å². The molecule has 0 radical (unpaired) electrons. The van der Waals surface area contributed by atoms with E-state index in [1.165, 1.54) is 10.9 Å². The van der Waals surface area contributed by atoms with Gasteiger partial charge in [-0.2, -0.15) is 10.0 Å². The summed E-state index contributed by atoms with van der Waals surface area (Å²) < 4.78 is 0. The van der Waals surface area contributed by atoms with E-state index in [1.54, 1.807) is 0 Å². The van der Waals surface area contributed by atoms with Crippen LogP contribution in [-0.2, 0) is 0 Å². The lowest BCUT2D eigenvalue weighted by Crippen LogP contribution is -2.40. The molecule has 0 aliphatic carbocycles. The molecule has 0 saturated heterocycles. The lowest BCUT2D eigenvalue weighted by atomic mass is 10.2. The first-order valence-corrected chi connectivity index (χ1v) is 6.52. The van der Waals surface area contributed by atoms with Crippen LogP contribution in [0.25, 0.3) is 0 Å². The molecule has 0 aromatic carbocycles. The molecule has 0 atom stereocenters. The Labute approximate surface area is 134 Å². The second-order valence-electron chi connectivity index (χ2n) is 4.26. The van der Waals surface area contributed by atoms with Crippen LogP contribution in [0.5, 0.6) is 0 Å². The normalized spacial score (nSPS) is 9.50. The molecule has 0 amide bonds. The number of hydrogen-bond donors (Lipinski definition) is 4. The summed E-state index contributed by atoms with van der Waals surface area (Å²) in [6.45, 7) is -0.0327. The van der Waals surface area contributed by atoms with Gasteiger partial charge >= 0.3 is 0 Å². The van der Waals surface area contributed by atoms with Crippen molar-refractivity contribution in [1.29, 1.82) is 10.8 Å². The Morgan fingerprint density at radius 1 is 0.833 bits per heavy atom. The molecular weight excluding hydrogens is 332 g/mol. The Bertz CT molecular complexity index is 454. The van der Waals surface area contributed by atoms with Gasteiger partial charge in [-0.3, -0.25) is 10.8 Å². The van der Waals surface area contributed by atoms with Gasteiger partial charge in [0.05, 0.1) is 10.6 Å². The fraction of sp³-hybridized carbons (Fsp3) is 0.750. The van der Waals surface area contributed by atoms with Crippen molar-refractivity contribution in [2.45, 2.75) is 25.7 Å². The Morgan fingerprint density at radius 2 is 1.17 bits per heavy atom. The highest BCUT2D eigenvalue weighted by Crippen LogP contribution is 2.04. The molecule has 0 aromatic heterocycles. The summed E-state index contributed by atoms with van der Waals surface area (Å²) in [7, 11) is 0. The van der Waals surface area contributed by atoms with Gasteiger partial charge in [0.1, 0.15) is 0 Å². The largest absolute Gasteiger partial charge is 0.277 e. The van der Waals surface area contributed by atoms with E-state index in [0.717, 1.165) is 0 Å². The van der Waals surface area contributed by atoms with Gasteiger partial charge in [0, 0.05) is 13.1 Å². The van der Waals surface area contributed by atoms with Crippen LogP contribution in [0.15, 0.2) is 10.6 Å². The Balaban J connectivity index is 3.99. The van der Waals surface area contributed by atoms with Gasteiger partial charge in [0.15, 0.2) is 10.1 Å². The molecule has 0 unspecified atom stereocenters. The molecular formula is C8H16N10O6. The van der Waals surface area contributed by atoms with Gasteiger partial charge in [0.25, 0.3) is 11.9 Å². The maximum Gasteiger partial charge on any atom is 0.277 e. The molecule has 24 heavy (non-hydrogen) atoms. The third-order valence-corrected chi connectivity index (χ3v) is 2.60. The molecule has 0 rings (SSSR count). The minimum absolute atomic E-state index is 0.0164. The smallest absolute Gasteiger partial charge is 0.263 e. The summed E-state index contributed by atoms with van der Waals surface area (Å²) in [5.74, 6) is -1.52. The van der Waals surface area contributed by atoms with Gasteiger partial charge in [-0.1, -0.05) is 23.7 Å². The van der Waals surface area contributed by atoms with Gasteiger partial charge in [-0.25, -0.2) is 20.2 Å². The number of guanidine groups is 2. The minimum Gasteiger partial charge on any atom is -0.263 e. The number of nitro groups is 2. The van der Waals surface area contributed by atoms with Crippen molar-refractivity contribution in [3.05, 3.63) is 30.0 Å². The van der Waals surface area contributed by atoms with Crippen LogP contribution in [0.3, 0.4) is 0 Å². The quantitative estimate of drug-likeness (QED) is 0.0971. The molecule has 0 fully saturated rings. The Morgan fingerprint density at radius 3 is 1.42 bits per heavy atom. The van der Waals surface area contributed by atoms with Crippen LogP contribution in [0.1, 0.15) is 25.7 Å². The summed E-state index contributed by atoms with van der Waals surface area (Å²) in [5, 5.41) is 38.9. The first-order chi connectivity index (χ1) is 11.3. The number of hydrazine groups is 2. The maximum absolute atomic E-state index is 10.5. The molecule has 0 aliphatic heterocycles. The van der Waals surface area contributed by atoms with E-state index in [2.05, 4.69) is 10.6 Å². The van der Waals surface area contributed by atoms with Gasteiger partial charge in [0.2, 0.25) is 0 Å². The predicted octanol–water partition coefficient (Wildman–Crippen LogP) is -0.0543. The predicted molar refractivity (Wildman–Crippen MR) is 79.2 cm³/mol. The van der Waals surface area contributed by atoms with Crippen molar-refractivity contribution in [3.8, 4) is 0 Å². The highest BCUT2D eigenvalue weighted by atomic mass is 16.7. The van der Waals surface area contributed by atoms with Crippen molar-refractivity contribution in [3.63, 3.8) is 0 Å². The number of hydrogen-bond acceptors (Lipinski definition) is 10. The highest BCUT2D eigenvalue weighted by molar-refractivity contribution is 5.75. The standard InChI is InChI=1S/C8H16N10O6/c9-7(11-17(21)22)15(13-19)5-3-1-2-4-6-16(14-20)8(10)12-18(23)24/h1-6H2,(H2,9,11)(H2,10,12). The molecule has 4 N–H and O–H groups in total. The first-order valence-electron chi connectivity index (χ1n) is 6.52. The van der Waals surface area contributed by atoms with Crippen LogP contribution < -0.4 is 10.9 Å². The SMILES string of the molecule is N=C(N[N+](=O)[O-])N(CCCCCCN(N=O)C(=N)N[N+](=O)[O-])N=O. The summed E-state index contributed by atoms with van der Waals surface area (Å²) in [6.07, 6.45) is 1.82. The van der Waals surface area contributed by atoms with E-state index in [9.17, 15) is 30.0 Å². The fourth-order valence-electron chi connectivity index (χ4n) is 1.55. The summed E-state index contributed by atoms with van der Waals surface area (Å²) in [4.78, 5) is 41.2. The third kappa shape index (κ3) is 8.74. The second kappa shape index (κ2) is 11.2. The van der Waals surface area contributed by atoms with Crippen LogP contribution in [0.2, 0.25) is 0 Å². The third-order valence-electron chi connectivity index (χ3n) is 2.60. The summed E-state index contributed by atoms with van der Waals surface area (Å²) >= 11 is 0. The van der Waals surface area contributed by atoms with E-state index in [4.69, 9.17) is 10.8 Å². The minimum atomic E-state index is -0.991. The number of nitroso groups, excluding NO2 is 2. The lowest BCUT2D eigenvalue weighted by Gasteiger charge is -2.14. The maximum atomic E-state index is 10.5. The Kier molecular flexibility index (Phi) is 9.55. The molecule has 0 aromatic rings. The molecule has 0 heterocycles. The molecule has 0 saturated carbocycles. The number of nitrogens with zero attached hydrogens (tertiary/aromatic N) is 6. The summed E-state index contributed by atoms with van der Waals surface area (Å²) in [6, 6.07) is 0. The van der Waals surface area contributed by atoms with Crippen molar-refractivity contribution >= 4 is 11.9 Å². The average molecular weight is 348 g/mol. The van der Waals surface area contributed by atoms with Gasteiger partial charge in [-0.15, -0.1) is 9.81 Å². The zero-order chi connectivity index (χ0) is 18.5. The average Bonchev–Trinajstić information content (AvgIpc) is 2.48. The molecule has 0 bridgehead atoms. The zero-order valence-corrected chi connectivity index (χ0v) is 12.4. The van der Waals surface area contributed by atoms with E-state index >= 15 is 0 Å². The van der Waals surface area contributed by atoms with Crippen molar-refractivity contribution in [2.24, 2.45) is 10.6 Å².